The van der Waals surface area contributed by atoms with Crippen molar-refractivity contribution < 1.29 is 4.39 Å². The first-order chi connectivity index (χ1) is 5.10. The maximum Gasteiger partial charge on any atom is 0.123 e. The second-order valence-corrected chi connectivity index (χ2v) is 4.25. The Kier molecular flexibility index (Phi) is 5.25. The first kappa shape index (κ1) is 11.4. The van der Waals surface area contributed by atoms with E-state index in [-0.39, 0.29) is 0 Å². The fraction of sp³-hybridized carbons (Fsp3) is 1.00. The van der Waals surface area contributed by atoms with Gasteiger partial charge in [-0.25, -0.2) is 4.39 Å². The van der Waals surface area contributed by atoms with Gasteiger partial charge in [0.15, 0.2) is 0 Å². The van der Waals surface area contributed by atoms with Crippen molar-refractivity contribution in [2.45, 2.75) is 51.9 Å². The molecule has 0 heterocycles. The van der Waals surface area contributed by atoms with Gasteiger partial charge < -0.3 is 0 Å². The molecule has 0 amide bonds. The predicted molar refractivity (Wildman–Crippen MR) is 52.5 cm³/mol. The molecule has 0 aliphatic heterocycles. The highest BCUT2D eigenvalue weighted by Crippen LogP contribution is 2.39. The van der Waals surface area contributed by atoms with E-state index in [1.165, 1.54) is 0 Å². The van der Waals surface area contributed by atoms with Crippen molar-refractivity contribution in [1.29, 1.82) is 0 Å². The summed E-state index contributed by atoms with van der Waals surface area (Å²) >= 11 is 0. The molecule has 0 radical (unpaired) electrons. The van der Waals surface area contributed by atoms with Gasteiger partial charge >= 0.3 is 0 Å². The fourth-order valence-corrected chi connectivity index (χ4v) is 1.58. The van der Waals surface area contributed by atoms with E-state index in [4.69, 9.17) is 0 Å². The zero-order valence-corrected chi connectivity index (χ0v) is 9.02. The summed E-state index contributed by atoms with van der Waals surface area (Å²) < 4.78 is 13.0. The maximum absolute atomic E-state index is 13.0. The highest BCUT2D eigenvalue weighted by molar-refractivity contribution is 7.18. The number of hydrogen-bond donors (Lipinski definition) is 0. The van der Waals surface area contributed by atoms with Crippen LogP contribution in [0.25, 0.3) is 0 Å². The van der Waals surface area contributed by atoms with Gasteiger partial charge in [-0.1, -0.05) is 30.0 Å². The average molecular weight is 178 g/mol. The number of hydrogen-bond acceptors (Lipinski definition) is 0. The van der Waals surface area contributed by atoms with E-state index < -0.39 is 5.41 Å². The van der Waals surface area contributed by atoms with E-state index in [0.717, 1.165) is 31.6 Å². The molecule has 0 nitrogen and oxygen atoms in total. The van der Waals surface area contributed by atoms with Crippen LogP contribution in [0.2, 0.25) is 0 Å². The Morgan fingerprint density at radius 1 is 1.27 bits per heavy atom. The molecule has 0 bridgehead atoms. The normalized spacial score (nSPS) is 37.4. The van der Waals surface area contributed by atoms with Crippen LogP contribution in [0.3, 0.4) is 0 Å². The molecule has 0 saturated heterocycles. The highest BCUT2D eigenvalue weighted by atomic mass is 31.0. The van der Waals surface area contributed by atoms with E-state index in [9.17, 15) is 4.39 Å². The van der Waals surface area contributed by atoms with Gasteiger partial charge in [0.2, 0.25) is 0 Å². The quantitative estimate of drug-likeness (QED) is 0.495. The molecule has 0 aromatic heterocycles. The van der Waals surface area contributed by atoms with Crippen molar-refractivity contribution in [2.24, 2.45) is 5.92 Å². The Balaban J connectivity index is 0.000000461. The molecule has 1 aliphatic carbocycles. The van der Waals surface area contributed by atoms with Crippen LogP contribution in [0.15, 0.2) is 0 Å². The Labute approximate surface area is 72.2 Å². The molecule has 11 heavy (non-hydrogen) atoms. The van der Waals surface area contributed by atoms with Gasteiger partial charge in [0, 0.05) is 0 Å². The first-order valence-corrected chi connectivity index (χ1v) is 5.16. The van der Waals surface area contributed by atoms with Gasteiger partial charge in [-0.15, -0.1) is 0 Å². The Morgan fingerprint density at radius 3 is 1.91 bits per heavy atom. The van der Waals surface area contributed by atoms with Crippen LogP contribution in [-0.2, 0) is 0 Å². The second kappa shape index (κ2) is 5.09. The minimum absolute atomic E-state index is 0.735. The highest BCUT2D eigenvalue weighted by Gasteiger charge is 2.28. The molecular weight excluding hydrogens is 158 g/mol. The van der Waals surface area contributed by atoms with E-state index in [1.54, 1.807) is 0 Å². The summed E-state index contributed by atoms with van der Waals surface area (Å²) in [4.78, 5) is 0. The lowest BCUT2D eigenvalue weighted by atomic mass is 9.89. The standard InChI is InChI=1S/C7H14FP.C2H6/c1-6-2-4-7(8,9)5-3-6;1-2/h6H,2-5,9H2,1H3;1-2H3. The molecule has 1 saturated carbocycles. The topological polar surface area (TPSA) is 0 Å². The molecule has 0 N–H and O–H groups in total. The minimum Gasteiger partial charge on any atom is -0.240 e. The summed E-state index contributed by atoms with van der Waals surface area (Å²) in [6.45, 7) is 6.19. The largest absolute Gasteiger partial charge is 0.240 e. The lowest BCUT2D eigenvalue weighted by Gasteiger charge is -2.28. The summed E-state index contributed by atoms with van der Waals surface area (Å²) in [6.07, 6.45) is 3.58. The maximum atomic E-state index is 13.0. The van der Waals surface area contributed by atoms with E-state index in [0.29, 0.717) is 0 Å². The SMILES string of the molecule is CC.CC1CCC(F)(P)CC1. The average Bonchev–Trinajstić information content (AvgIpc) is 2.00. The Hall–Kier alpha value is 0.360. The van der Waals surface area contributed by atoms with Crippen LogP contribution in [0.1, 0.15) is 46.5 Å². The summed E-state index contributed by atoms with van der Waals surface area (Å²) in [5.74, 6) is 0.745. The molecule has 1 rings (SSSR count). The predicted octanol–water partition coefficient (Wildman–Crippen LogP) is 3.76. The monoisotopic (exact) mass is 178 g/mol. The van der Waals surface area contributed by atoms with E-state index >= 15 is 0 Å². The molecule has 1 aliphatic rings. The van der Waals surface area contributed by atoms with Gasteiger partial charge in [0.1, 0.15) is 5.41 Å². The number of rotatable bonds is 0. The number of halogens is 1. The molecule has 68 valence electrons. The minimum atomic E-state index is -0.924. The molecule has 0 aromatic rings. The van der Waals surface area contributed by atoms with Crippen LogP contribution in [0.4, 0.5) is 4.39 Å². The molecule has 0 spiro atoms. The molecule has 2 heteroatoms. The first-order valence-electron chi connectivity index (χ1n) is 4.58. The van der Waals surface area contributed by atoms with Gasteiger partial charge in [-0.05, 0) is 31.6 Å². The van der Waals surface area contributed by atoms with Crippen molar-refractivity contribution >= 4 is 9.24 Å². The second-order valence-electron chi connectivity index (χ2n) is 3.22. The number of alkyl halides is 1. The fourth-order valence-electron chi connectivity index (χ4n) is 1.24. The van der Waals surface area contributed by atoms with E-state index in [2.05, 4.69) is 16.2 Å². The Morgan fingerprint density at radius 2 is 1.64 bits per heavy atom. The van der Waals surface area contributed by atoms with Crippen LogP contribution in [-0.4, -0.2) is 5.41 Å². The lowest BCUT2D eigenvalue weighted by Crippen LogP contribution is -2.21. The van der Waals surface area contributed by atoms with Crippen molar-refractivity contribution in [2.75, 3.05) is 0 Å². The van der Waals surface area contributed by atoms with E-state index in [1.807, 2.05) is 13.8 Å². The summed E-state index contributed by atoms with van der Waals surface area (Å²) in [6, 6.07) is 0. The van der Waals surface area contributed by atoms with Crippen LogP contribution in [0.5, 0.6) is 0 Å². The van der Waals surface area contributed by atoms with Crippen molar-refractivity contribution in [3.63, 3.8) is 0 Å². The van der Waals surface area contributed by atoms with Crippen molar-refractivity contribution in [3.05, 3.63) is 0 Å². The smallest absolute Gasteiger partial charge is 0.123 e. The van der Waals surface area contributed by atoms with Gasteiger partial charge in [-0.3, -0.25) is 0 Å². The summed E-state index contributed by atoms with van der Waals surface area (Å²) in [5, 5.41) is -0.924. The third-order valence-corrected chi connectivity index (χ3v) is 2.68. The van der Waals surface area contributed by atoms with Crippen molar-refractivity contribution in [3.8, 4) is 0 Å². The van der Waals surface area contributed by atoms with Crippen molar-refractivity contribution in [1.82, 2.24) is 0 Å². The molecule has 0 aromatic carbocycles. The molecule has 1 fully saturated rings. The molecular formula is C9H20FP. The molecule has 1 atom stereocenters. The van der Waals surface area contributed by atoms with Crippen LogP contribution >= 0.6 is 9.24 Å². The van der Waals surface area contributed by atoms with Crippen LogP contribution in [0, 0.1) is 5.92 Å². The Bertz CT molecular complexity index is 91.7. The summed E-state index contributed by atoms with van der Waals surface area (Å²) in [7, 11) is 2.31. The zero-order valence-electron chi connectivity index (χ0n) is 7.86. The summed E-state index contributed by atoms with van der Waals surface area (Å²) in [5.41, 5.74) is 0. The zero-order chi connectivity index (χ0) is 8.91. The third kappa shape index (κ3) is 4.74. The van der Waals surface area contributed by atoms with Gasteiger partial charge in [0.05, 0.1) is 0 Å². The van der Waals surface area contributed by atoms with Gasteiger partial charge in [-0.2, -0.15) is 0 Å². The molecule has 1 unspecified atom stereocenters. The lowest BCUT2D eigenvalue weighted by molar-refractivity contribution is 0.181. The van der Waals surface area contributed by atoms with Crippen LogP contribution < -0.4 is 0 Å². The van der Waals surface area contributed by atoms with Gasteiger partial charge in [0.25, 0.3) is 0 Å². The third-order valence-electron chi connectivity index (χ3n) is 2.11.